The summed E-state index contributed by atoms with van der Waals surface area (Å²) in [6.45, 7) is 0.507. The smallest absolute Gasteiger partial charge is 0.223 e. The van der Waals surface area contributed by atoms with Gasteiger partial charge >= 0.3 is 0 Å². The molecule has 0 bridgehead atoms. The van der Waals surface area contributed by atoms with E-state index in [9.17, 15) is 4.39 Å². The molecule has 88 valence electrons. The minimum Gasteiger partial charge on any atom is -0.439 e. The molecule has 17 heavy (non-hydrogen) atoms. The van der Waals surface area contributed by atoms with Crippen LogP contribution < -0.4 is 10.1 Å². The Labute approximate surface area is 99.3 Å². The van der Waals surface area contributed by atoms with E-state index in [-0.39, 0.29) is 5.82 Å². The molecule has 2 rings (SSSR count). The first-order valence-corrected chi connectivity index (χ1v) is 5.31. The molecule has 0 spiro atoms. The zero-order valence-corrected chi connectivity index (χ0v) is 9.48. The van der Waals surface area contributed by atoms with Crippen LogP contribution in [0.15, 0.2) is 42.6 Å². The van der Waals surface area contributed by atoms with Gasteiger partial charge in [-0.05, 0) is 25.2 Å². The predicted molar refractivity (Wildman–Crippen MR) is 63.5 cm³/mol. The standard InChI is InChI=1S/C13H13FN2O/c1-15-8-10-7-11(14)9-16-13(10)17-12-5-3-2-4-6-12/h2-7,9,15H,8H2,1H3. The molecule has 0 atom stereocenters. The largest absolute Gasteiger partial charge is 0.439 e. The van der Waals surface area contributed by atoms with Gasteiger partial charge in [-0.2, -0.15) is 0 Å². The highest BCUT2D eigenvalue weighted by Gasteiger charge is 2.07. The summed E-state index contributed by atoms with van der Waals surface area (Å²) in [5.74, 6) is 0.742. The lowest BCUT2D eigenvalue weighted by molar-refractivity contribution is 0.450. The predicted octanol–water partition coefficient (Wildman–Crippen LogP) is 2.73. The molecule has 2 aromatic rings. The third kappa shape index (κ3) is 3.01. The van der Waals surface area contributed by atoms with Crippen LogP contribution in [-0.2, 0) is 6.54 Å². The Kier molecular flexibility index (Phi) is 3.67. The summed E-state index contributed by atoms with van der Waals surface area (Å²) in [4.78, 5) is 3.95. The molecule has 4 heteroatoms. The van der Waals surface area contributed by atoms with Crippen LogP contribution in [-0.4, -0.2) is 12.0 Å². The number of hydrogen-bond acceptors (Lipinski definition) is 3. The Hall–Kier alpha value is -1.94. The second-order valence-corrected chi connectivity index (χ2v) is 3.56. The Bertz CT molecular complexity index is 488. The lowest BCUT2D eigenvalue weighted by atomic mass is 10.2. The molecule has 3 nitrogen and oxygen atoms in total. The fraction of sp³-hybridized carbons (Fsp3) is 0.154. The Morgan fingerprint density at radius 1 is 1.29 bits per heavy atom. The average molecular weight is 232 g/mol. The number of ether oxygens (including phenoxy) is 1. The van der Waals surface area contributed by atoms with Crippen molar-refractivity contribution in [3.63, 3.8) is 0 Å². The molecule has 0 radical (unpaired) electrons. The Morgan fingerprint density at radius 3 is 2.76 bits per heavy atom. The number of nitrogens with zero attached hydrogens (tertiary/aromatic N) is 1. The van der Waals surface area contributed by atoms with Crippen molar-refractivity contribution in [2.45, 2.75) is 6.54 Å². The number of hydrogen-bond donors (Lipinski definition) is 1. The van der Waals surface area contributed by atoms with Crippen molar-refractivity contribution in [1.29, 1.82) is 0 Å². The van der Waals surface area contributed by atoms with Crippen LogP contribution in [0.1, 0.15) is 5.56 Å². The summed E-state index contributed by atoms with van der Waals surface area (Å²) >= 11 is 0. The number of aromatic nitrogens is 1. The summed E-state index contributed by atoms with van der Waals surface area (Å²) in [6.07, 6.45) is 1.15. The van der Waals surface area contributed by atoms with Gasteiger partial charge in [-0.15, -0.1) is 0 Å². The molecule has 1 heterocycles. The van der Waals surface area contributed by atoms with E-state index in [2.05, 4.69) is 10.3 Å². The van der Waals surface area contributed by atoms with Crippen molar-refractivity contribution in [3.05, 3.63) is 54.0 Å². The van der Waals surface area contributed by atoms with Gasteiger partial charge in [0.15, 0.2) is 0 Å². The first kappa shape index (κ1) is 11.5. The molecule has 0 fully saturated rings. The maximum Gasteiger partial charge on any atom is 0.223 e. The van der Waals surface area contributed by atoms with E-state index in [1.165, 1.54) is 6.07 Å². The average Bonchev–Trinajstić information content (AvgIpc) is 2.34. The normalized spacial score (nSPS) is 10.2. The van der Waals surface area contributed by atoms with Gasteiger partial charge in [-0.3, -0.25) is 0 Å². The first-order chi connectivity index (χ1) is 8.29. The van der Waals surface area contributed by atoms with E-state index >= 15 is 0 Å². The lowest BCUT2D eigenvalue weighted by Gasteiger charge is -2.09. The van der Waals surface area contributed by atoms with Crippen LogP contribution in [0.5, 0.6) is 11.6 Å². The van der Waals surface area contributed by atoms with E-state index in [4.69, 9.17) is 4.74 Å². The zero-order valence-electron chi connectivity index (χ0n) is 9.48. The molecule has 1 aromatic heterocycles. The van der Waals surface area contributed by atoms with Gasteiger partial charge < -0.3 is 10.1 Å². The summed E-state index contributed by atoms with van der Waals surface area (Å²) < 4.78 is 18.7. The topological polar surface area (TPSA) is 34.2 Å². The lowest BCUT2D eigenvalue weighted by Crippen LogP contribution is -2.07. The summed E-state index contributed by atoms with van der Waals surface area (Å²) in [5.41, 5.74) is 0.691. The van der Waals surface area contributed by atoms with E-state index < -0.39 is 0 Å². The van der Waals surface area contributed by atoms with Crippen molar-refractivity contribution in [2.75, 3.05) is 7.05 Å². The van der Waals surface area contributed by atoms with Crippen LogP contribution in [0.2, 0.25) is 0 Å². The van der Waals surface area contributed by atoms with E-state index in [0.29, 0.717) is 23.7 Å². The van der Waals surface area contributed by atoms with Crippen LogP contribution in [0.25, 0.3) is 0 Å². The first-order valence-electron chi connectivity index (χ1n) is 5.31. The number of pyridine rings is 1. The molecular formula is C13H13FN2O. The molecular weight excluding hydrogens is 219 g/mol. The number of rotatable bonds is 4. The molecule has 1 aromatic carbocycles. The second kappa shape index (κ2) is 5.41. The summed E-state index contributed by atoms with van der Waals surface area (Å²) in [7, 11) is 1.79. The van der Waals surface area contributed by atoms with Crippen molar-refractivity contribution < 1.29 is 9.13 Å². The van der Waals surface area contributed by atoms with Crippen LogP contribution in [0.3, 0.4) is 0 Å². The molecule has 0 saturated heterocycles. The maximum atomic E-state index is 13.1. The fourth-order valence-corrected chi connectivity index (χ4v) is 1.48. The number of benzene rings is 1. The molecule has 0 aliphatic heterocycles. The van der Waals surface area contributed by atoms with Gasteiger partial charge in [-0.1, -0.05) is 18.2 Å². The molecule has 0 unspecified atom stereocenters. The highest BCUT2D eigenvalue weighted by molar-refractivity contribution is 5.32. The monoisotopic (exact) mass is 232 g/mol. The van der Waals surface area contributed by atoms with E-state index in [1.54, 1.807) is 7.05 Å². The van der Waals surface area contributed by atoms with E-state index in [1.807, 2.05) is 30.3 Å². The van der Waals surface area contributed by atoms with Crippen LogP contribution in [0.4, 0.5) is 4.39 Å². The number of nitrogens with one attached hydrogen (secondary N) is 1. The van der Waals surface area contributed by atoms with Gasteiger partial charge in [0.25, 0.3) is 0 Å². The third-order valence-corrected chi connectivity index (χ3v) is 2.22. The molecule has 0 saturated carbocycles. The van der Waals surface area contributed by atoms with Crippen molar-refractivity contribution in [1.82, 2.24) is 10.3 Å². The van der Waals surface area contributed by atoms with Gasteiger partial charge in [0.2, 0.25) is 5.88 Å². The van der Waals surface area contributed by atoms with E-state index in [0.717, 1.165) is 6.20 Å². The van der Waals surface area contributed by atoms with Crippen LogP contribution >= 0.6 is 0 Å². The third-order valence-electron chi connectivity index (χ3n) is 2.22. The minimum absolute atomic E-state index is 0.365. The minimum atomic E-state index is -0.365. The second-order valence-electron chi connectivity index (χ2n) is 3.56. The van der Waals surface area contributed by atoms with Gasteiger partial charge in [0.1, 0.15) is 11.6 Å². The quantitative estimate of drug-likeness (QED) is 0.880. The summed E-state index contributed by atoms with van der Waals surface area (Å²) in [6, 6.07) is 10.7. The highest BCUT2D eigenvalue weighted by atomic mass is 19.1. The number of halogens is 1. The number of para-hydroxylation sites is 1. The van der Waals surface area contributed by atoms with Crippen molar-refractivity contribution in [2.24, 2.45) is 0 Å². The van der Waals surface area contributed by atoms with Crippen molar-refractivity contribution >= 4 is 0 Å². The SMILES string of the molecule is CNCc1cc(F)cnc1Oc1ccccc1. The maximum absolute atomic E-state index is 13.1. The molecule has 1 N–H and O–H groups in total. The molecule has 0 amide bonds. The fourth-order valence-electron chi connectivity index (χ4n) is 1.48. The highest BCUT2D eigenvalue weighted by Crippen LogP contribution is 2.23. The van der Waals surface area contributed by atoms with Gasteiger partial charge in [0, 0.05) is 12.1 Å². The summed E-state index contributed by atoms with van der Waals surface area (Å²) in [5, 5.41) is 2.95. The van der Waals surface area contributed by atoms with Gasteiger partial charge in [-0.25, -0.2) is 9.37 Å². The molecule has 0 aliphatic carbocycles. The van der Waals surface area contributed by atoms with Crippen LogP contribution in [0, 0.1) is 5.82 Å². The molecule has 0 aliphatic rings. The Balaban J connectivity index is 2.26. The van der Waals surface area contributed by atoms with Crippen molar-refractivity contribution in [3.8, 4) is 11.6 Å². The van der Waals surface area contributed by atoms with Gasteiger partial charge in [0.05, 0.1) is 6.20 Å². The Morgan fingerprint density at radius 2 is 2.06 bits per heavy atom. The zero-order chi connectivity index (χ0) is 12.1.